The fourth-order valence-electron chi connectivity index (χ4n) is 1.77. The van der Waals surface area contributed by atoms with Gasteiger partial charge in [0, 0.05) is 9.90 Å². The summed E-state index contributed by atoms with van der Waals surface area (Å²) in [5, 5.41) is 2.37. The molecule has 0 amide bonds. The molecule has 0 spiro atoms. The molecule has 19 heavy (non-hydrogen) atoms. The van der Waals surface area contributed by atoms with E-state index in [2.05, 4.69) is 4.72 Å². The molecule has 6 heteroatoms. The number of sulfonamides is 1. The lowest BCUT2D eigenvalue weighted by molar-refractivity contribution is 0.568. The highest BCUT2D eigenvalue weighted by Gasteiger charge is 2.21. The fourth-order valence-corrected chi connectivity index (χ4v) is 4.30. The van der Waals surface area contributed by atoms with Crippen LogP contribution in [0.4, 0.5) is 0 Å². The van der Waals surface area contributed by atoms with Crippen LogP contribution in [0.2, 0.25) is 5.02 Å². The second-order valence-electron chi connectivity index (χ2n) is 4.22. The van der Waals surface area contributed by atoms with Gasteiger partial charge < -0.3 is 0 Å². The lowest BCUT2D eigenvalue weighted by atomic mass is 10.2. The van der Waals surface area contributed by atoms with Crippen LogP contribution < -0.4 is 4.72 Å². The summed E-state index contributed by atoms with van der Waals surface area (Å²) in [7, 11) is -3.57. The molecule has 2 rings (SSSR count). The molecule has 2 aromatic rings. The van der Waals surface area contributed by atoms with Crippen molar-refractivity contribution in [3.05, 3.63) is 51.2 Å². The minimum absolute atomic E-state index is 0.225. The van der Waals surface area contributed by atoms with Gasteiger partial charge in [-0.05, 0) is 43.0 Å². The zero-order valence-corrected chi connectivity index (χ0v) is 12.9. The maximum absolute atomic E-state index is 12.3. The van der Waals surface area contributed by atoms with Gasteiger partial charge in [0.25, 0.3) is 0 Å². The molecule has 1 aromatic carbocycles. The van der Waals surface area contributed by atoms with E-state index < -0.39 is 10.0 Å². The summed E-state index contributed by atoms with van der Waals surface area (Å²) in [6.07, 6.45) is 0. The zero-order valence-electron chi connectivity index (χ0n) is 10.6. The van der Waals surface area contributed by atoms with E-state index in [-0.39, 0.29) is 10.9 Å². The van der Waals surface area contributed by atoms with Crippen LogP contribution in [0.25, 0.3) is 0 Å². The molecule has 0 saturated heterocycles. The topological polar surface area (TPSA) is 46.2 Å². The summed E-state index contributed by atoms with van der Waals surface area (Å²) in [6, 6.07) is 8.42. The monoisotopic (exact) mass is 315 g/mol. The molecule has 0 radical (unpaired) electrons. The van der Waals surface area contributed by atoms with E-state index >= 15 is 0 Å². The van der Waals surface area contributed by atoms with E-state index in [1.165, 1.54) is 11.3 Å². The van der Waals surface area contributed by atoms with Crippen molar-refractivity contribution < 1.29 is 8.42 Å². The molecule has 0 unspecified atom stereocenters. The van der Waals surface area contributed by atoms with Gasteiger partial charge >= 0.3 is 0 Å². The second-order valence-corrected chi connectivity index (χ2v) is 7.29. The number of nitrogens with one attached hydrogen (secondary N) is 1. The van der Waals surface area contributed by atoms with Crippen molar-refractivity contribution >= 4 is 33.0 Å². The molecule has 0 fully saturated rings. The van der Waals surface area contributed by atoms with Crippen molar-refractivity contribution in [3.8, 4) is 0 Å². The van der Waals surface area contributed by atoms with Crippen LogP contribution in [0.1, 0.15) is 23.4 Å². The van der Waals surface area contributed by atoms with Crippen LogP contribution in [0.15, 0.2) is 40.6 Å². The Morgan fingerprint density at radius 3 is 2.63 bits per heavy atom. The largest absolute Gasteiger partial charge is 0.241 e. The third kappa shape index (κ3) is 3.17. The summed E-state index contributed by atoms with van der Waals surface area (Å²) < 4.78 is 27.4. The Bertz CT molecular complexity index is 666. The van der Waals surface area contributed by atoms with Crippen molar-refractivity contribution in [1.29, 1.82) is 0 Å². The Morgan fingerprint density at radius 1 is 1.26 bits per heavy atom. The highest BCUT2D eigenvalue weighted by molar-refractivity contribution is 7.89. The van der Waals surface area contributed by atoms with Crippen LogP contribution in [0.3, 0.4) is 0 Å². The number of rotatable bonds is 4. The van der Waals surface area contributed by atoms with Gasteiger partial charge in [-0.1, -0.05) is 23.7 Å². The minimum atomic E-state index is -3.57. The van der Waals surface area contributed by atoms with Crippen LogP contribution in [-0.4, -0.2) is 8.42 Å². The first-order valence-electron chi connectivity index (χ1n) is 5.72. The van der Waals surface area contributed by atoms with Crippen molar-refractivity contribution in [3.63, 3.8) is 0 Å². The SMILES string of the molecule is Cc1c(Cl)cccc1S(=O)(=O)N[C@H](C)c1cccs1. The van der Waals surface area contributed by atoms with Crippen LogP contribution >= 0.6 is 22.9 Å². The smallest absolute Gasteiger partial charge is 0.207 e. The molecule has 1 heterocycles. The van der Waals surface area contributed by atoms with Crippen LogP contribution in [-0.2, 0) is 10.0 Å². The zero-order chi connectivity index (χ0) is 14.0. The average Bonchev–Trinajstić information content (AvgIpc) is 2.85. The molecule has 0 bridgehead atoms. The molecular weight excluding hydrogens is 302 g/mol. The Balaban J connectivity index is 2.31. The Labute approximate surface area is 122 Å². The molecule has 0 aliphatic heterocycles. The Morgan fingerprint density at radius 2 is 2.00 bits per heavy atom. The molecule has 0 aliphatic rings. The van der Waals surface area contributed by atoms with Gasteiger partial charge in [0.2, 0.25) is 10.0 Å². The van der Waals surface area contributed by atoms with Gasteiger partial charge in [0.05, 0.1) is 10.9 Å². The van der Waals surface area contributed by atoms with E-state index in [9.17, 15) is 8.42 Å². The lowest BCUT2D eigenvalue weighted by Gasteiger charge is -2.14. The molecular formula is C13H14ClNO2S2. The van der Waals surface area contributed by atoms with Crippen LogP contribution in [0.5, 0.6) is 0 Å². The van der Waals surface area contributed by atoms with E-state index in [1.807, 2.05) is 24.4 Å². The number of halogens is 1. The second kappa shape index (κ2) is 5.63. The summed E-state index contributed by atoms with van der Waals surface area (Å²) >= 11 is 7.49. The summed E-state index contributed by atoms with van der Waals surface area (Å²) in [4.78, 5) is 1.20. The average molecular weight is 316 g/mol. The Hall–Kier alpha value is -0.880. The normalized spacial score (nSPS) is 13.4. The number of hydrogen-bond acceptors (Lipinski definition) is 3. The first-order chi connectivity index (χ1) is 8.92. The van der Waals surface area contributed by atoms with E-state index in [4.69, 9.17) is 11.6 Å². The first kappa shape index (κ1) is 14.5. The fraction of sp³-hybridized carbons (Fsp3) is 0.231. The molecule has 0 saturated carbocycles. The van der Waals surface area contributed by atoms with E-state index in [0.29, 0.717) is 10.6 Å². The summed E-state index contributed by atoms with van der Waals surface area (Å²) in [5.74, 6) is 0. The number of benzene rings is 1. The third-order valence-electron chi connectivity index (χ3n) is 2.81. The van der Waals surface area contributed by atoms with E-state index in [1.54, 1.807) is 25.1 Å². The van der Waals surface area contributed by atoms with Gasteiger partial charge in [-0.3, -0.25) is 0 Å². The van der Waals surface area contributed by atoms with Crippen molar-refractivity contribution in [2.24, 2.45) is 0 Å². The molecule has 1 aromatic heterocycles. The third-order valence-corrected chi connectivity index (χ3v) is 5.96. The lowest BCUT2D eigenvalue weighted by Crippen LogP contribution is -2.27. The van der Waals surface area contributed by atoms with Gasteiger partial charge in [-0.25, -0.2) is 13.1 Å². The first-order valence-corrected chi connectivity index (χ1v) is 8.47. The minimum Gasteiger partial charge on any atom is -0.207 e. The van der Waals surface area contributed by atoms with Crippen molar-refractivity contribution in [2.75, 3.05) is 0 Å². The number of hydrogen-bond donors (Lipinski definition) is 1. The van der Waals surface area contributed by atoms with Gasteiger partial charge in [-0.15, -0.1) is 11.3 Å². The van der Waals surface area contributed by atoms with Crippen molar-refractivity contribution in [1.82, 2.24) is 4.72 Å². The highest BCUT2D eigenvalue weighted by atomic mass is 35.5. The molecule has 3 nitrogen and oxygen atoms in total. The molecule has 0 aliphatic carbocycles. The van der Waals surface area contributed by atoms with Gasteiger partial charge in [0.15, 0.2) is 0 Å². The molecule has 1 atom stereocenters. The summed E-state index contributed by atoms with van der Waals surface area (Å²) in [5.41, 5.74) is 0.565. The Kier molecular flexibility index (Phi) is 4.30. The van der Waals surface area contributed by atoms with Crippen LogP contribution in [0, 0.1) is 6.92 Å². The predicted octanol–water partition coefficient (Wildman–Crippen LogP) is 3.75. The standard InChI is InChI=1S/C13H14ClNO2S2/c1-9-11(14)5-3-7-13(9)19(16,17)15-10(2)12-6-4-8-18-12/h3-8,10,15H,1-2H3/t10-/m1/s1. The van der Waals surface area contributed by atoms with Gasteiger partial charge in [0.1, 0.15) is 0 Å². The molecule has 102 valence electrons. The quantitative estimate of drug-likeness (QED) is 0.934. The van der Waals surface area contributed by atoms with Gasteiger partial charge in [-0.2, -0.15) is 0 Å². The number of thiophene rings is 1. The van der Waals surface area contributed by atoms with Crippen molar-refractivity contribution in [2.45, 2.75) is 24.8 Å². The predicted molar refractivity (Wildman–Crippen MR) is 79.2 cm³/mol. The maximum Gasteiger partial charge on any atom is 0.241 e. The van der Waals surface area contributed by atoms with E-state index in [0.717, 1.165) is 4.88 Å². The molecule has 1 N–H and O–H groups in total. The maximum atomic E-state index is 12.3. The highest BCUT2D eigenvalue weighted by Crippen LogP contribution is 2.25. The summed E-state index contributed by atoms with van der Waals surface area (Å²) in [6.45, 7) is 3.52.